The van der Waals surface area contributed by atoms with Crippen molar-refractivity contribution in [2.24, 2.45) is 0 Å². The zero-order chi connectivity index (χ0) is 17.8. The predicted octanol–water partition coefficient (Wildman–Crippen LogP) is 1.59. The molecule has 3 rings (SSSR count). The number of nitrogens with one attached hydrogen (secondary N) is 1. The molecule has 1 saturated heterocycles. The van der Waals surface area contributed by atoms with Crippen LogP contribution in [0.4, 0.5) is 0 Å². The van der Waals surface area contributed by atoms with Crippen molar-refractivity contribution in [2.45, 2.75) is 45.8 Å². The summed E-state index contributed by atoms with van der Waals surface area (Å²) in [6, 6.07) is 3.98. The highest BCUT2D eigenvalue weighted by atomic mass is 16.2. The van der Waals surface area contributed by atoms with Gasteiger partial charge in [-0.05, 0) is 43.0 Å². The molecule has 0 bridgehead atoms. The number of rotatable bonds is 5. The Kier molecular flexibility index (Phi) is 5.11. The van der Waals surface area contributed by atoms with Crippen LogP contribution in [0.3, 0.4) is 0 Å². The van der Waals surface area contributed by atoms with Crippen LogP contribution in [0.1, 0.15) is 42.6 Å². The number of likely N-dealkylation sites (tertiary alicyclic amines) is 1. The monoisotopic (exact) mass is 341 g/mol. The number of pyridine rings is 1. The minimum absolute atomic E-state index is 0.0586. The molecule has 3 heterocycles. The maximum atomic E-state index is 12.7. The fourth-order valence-electron chi connectivity index (χ4n) is 3.21. The summed E-state index contributed by atoms with van der Waals surface area (Å²) in [4.78, 5) is 30.0. The summed E-state index contributed by atoms with van der Waals surface area (Å²) in [5.41, 5.74) is 2.91. The minimum Gasteiger partial charge on any atom is -0.351 e. The van der Waals surface area contributed by atoms with E-state index in [1.165, 1.54) is 6.92 Å². The van der Waals surface area contributed by atoms with E-state index in [1.807, 2.05) is 30.2 Å². The highest BCUT2D eigenvalue weighted by Crippen LogP contribution is 2.32. The van der Waals surface area contributed by atoms with Crippen LogP contribution in [0, 0.1) is 6.92 Å². The molecule has 7 heteroatoms. The lowest BCUT2D eigenvalue weighted by Crippen LogP contribution is -2.33. The highest BCUT2D eigenvalue weighted by Gasteiger charge is 2.30. The standard InChI is InChI=1S/C18H23N5O2/c1-13-9-21-22(11-13)12-18(25)23-7-3-4-17(23)15-5-6-19-16(8-15)10-20-14(2)24/h5-6,8-9,11,17H,3-4,7,10,12H2,1-2H3,(H,20,24)/t17-/m0/s1. The van der Waals surface area contributed by atoms with Gasteiger partial charge in [0.1, 0.15) is 6.54 Å². The lowest BCUT2D eigenvalue weighted by Gasteiger charge is -2.25. The highest BCUT2D eigenvalue weighted by molar-refractivity contribution is 5.76. The Balaban J connectivity index is 1.71. The van der Waals surface area contributed by atoms with Crippen LogP contribution in [-0.2, 0) is 22.7 Å². The minimum atomic E-state index is -0.0839. The van der Waals surface area contributed by atoms with Crippen LogP contribution < -0.4 is 5.32 Å². The molecule has 1 fully saturated rings. The van der Waals surface area contributed by atoms with E-state index < -0.39 is 0 Å². The summed E-state index contributed by atoms with van der Waals surface area (Å²) >= 11 is 0. The lowest BCUT2D eigenvalue weighted by molar-refractivity contribution is -0.133. The van der Waals surface area contributed by atoms with Crippen molar-refractivity contribution in [3.05, 3.63) is 47.5 Å². The number of carbonyl (C=O) groups excluding carboxylic acids is 2. The van der Waals surface area contributed by atoms with E-state index in [9.17, 15) is 9.59 Å². The third-order valence-corrected chi connectivity index (χ3v) is 4.38. The van der Waals surface area contributed by atoms with E-state index in [-0.39, 0.29) is 24.4 Å². The second-order valence-corrected chi connectivity index (χ2v) is 6.45. The number of nitrogens with zero attached hydrogens (tertiary/aromatic N) is 4. The molecule has 132 valence electrons. The van der Waals surface area contributed by atoms with Crippen LogP contribution in [0.2, 0.25) is 0 Å². The Hall–Kier alpha value is -2.70. The number of hydrogen-bond acceptors (Lipinski definition) is 4. The fourth-order valence-corrected chi connectivity index (χ4v) is 3.21. The molecular formula is C18H23N5O2. The number of amides is 2. The predicted molar refractivity (Wildman–Crippen MR) is 92.4 cm³/mol. The van der Waals surface area contributed by atoms with Gasteiger partial charge in [0, 0.05) is 25.9 Å². The largest absolute Gasteiger partial charge is 0.351 e. The van der Waals surface area contributed by atoms with E-state index in [2.05, 4.69) is 15.4 Å². The smallest absolute Gasteiger partial charge is 0.244 e. The Morgan fingerprint density at radius 2 is 2.24 bits per heavy atom. The number of hydrogen-bond donors (Lipinski definition) is 1. The molecule has 1 N–H and O–H groups in total. The lowest BCUT2D eigenvalue weighted by atomic mass is 10.0. The van der Waals surface area contributed by atoms with Gasteiger partial charge in [0.2, 0.25) is 11.8 Å². The molecule has 0 unspecified atom stereocenters. The maximum absolute atomic E-state index is 12.7. The summed E-state index contributed by atoms with van der Waals surface area (Å²) in [7, 11) is 0. The number of aryl methyl sites for hydroxylation is 1. The molecule has 1 aliphatic rings. The number of aromatic nitrogens is 3. The molecule has 2 aromatic heterocycles. The van der Waals surface area contributed by atoms with E-state index in [4.69, 9.17) is 0 Å². The summed E-state index contributed by atoms with van der Waals surface area (Å²) in [6.45, 7) is 4.86. The van der Waals surface area contributed by atoms with Gasteiger partial charge in [0.05, 0.1) is 24.5 Å². The zero-order valence-corrected chi connectivity index (χ0v) is 14.6. The molecule has 0 aromatic carbocycles. The molecular weight excluding hydrogens is 318 g/mol. The maximum Gasteiger partial charge on any atom is 0.244 e. The average molecular weight is 341 g/mol. The molecule has 2 amide bonds. The second-order valence-electron chi connectivity index (χ2n) is 6.45. The van der Waals surface area contributed by atoms with E-state index in [0.29, 0.717) is 6.54 Å². The quantitative estimate of drug-likeness (QED) is 0.895. The van der Waals surface area contributed by atoms with Gasteiger partial charge in [0.25, 0.3) is 0 Å². The molecule has 1 aliphatic heterocycles. The molecule has 0 aliphatic carbocycles. The normalized spacial score (nSPS) is 16.9. The summed E-state index contributed by atoms with van der Waals surface area (Å²) in [5, 5.41) is 6.95. The second kappa shape index (κ2) is 7.46. The first-order valence-electron chi connectivity index (χ1n) is 8.51. The van der Waals surface area contributed by atoms with Gasteiger partial charge in [-0.15, -0.1) is 0 Å². The van der Waals surface area contributed by atoms with Crippen LogP contribution in [0.15, 0.2) is 30.7 Å². The SMILES string of the molecule is CC(=O)NCc1cc([C@@H]2CCCN2C(=O)Cn2cc(C)cn2)ccn1. The van der Waals surface area contributed by atoms with Crippen molar-refractivity contribution in [3.63, 3.8) is 0 Å². The molecule has 7 nitrogen and oxygen atoms in total. The van der Waals surface area contributed by atoms with Crippen molar-refractivity contribution in [1.82, 2.24) is 25.0 Å². The average Bonchev–Trinajstić information content (AvgIpc) is 3.22. The molecule has 0 saturated carbocycles. The van der Waals surface area contributed by atoms with Crippen molar-refractivity contribution in [3.8, 4) is 0 Å². The summed E-state index contributed by atoms with van der Waals surface area (Å²) in [5.74, 6) is -0.00906. The fraction of sp³-hybridized carbons (Fsp3) is 0.444. The van der Waals surface area contributed by atoms with Gasteiger partial charge in [-0.25, -0.2) is 0 Å². The molecule has 25 heavy (non-hydrogen) atoms. The van der Waals surface area contributed by atoms with Crippen LogP contribution in [0.5, 0.6) is 0 Å². The van der Waals surface area contributed by atoms with Crippen LogP contribution >= 0.6 is 0 Å². The summed E-state index contributed by atoms with van der Waals surface area (Å²) in [6.07, 6.45) is 7.29. The Bertz CT molecular complexity index is 770. The molecule has 0 spiro atoms. The van der Waals surface area contributed by atoms with Crippen molar-refractivity contribution in [2.75, 3.05) is 6.54 Å². The van der Waals surface area contributed by atoms with E-state index in [0.717, 1.165) is 36.2 Å². The summed E-state index contributed by atoms with van der Waals surface area (Å²) < 4.78 is 1.68. The Labute approximate surface area is 147 Å². The van der Waals surface area contributed by atoms with E-state index >= 15 is 0 Å². The first-order chi connectivity index (χ1) is 12.0. The Morgan fingerprint density at radius 3 is 2.96 bits per heavy atom. The third-order valence-electron chi connectivity index (χ3n) is 4.38. The van der Waals surface area contributed by atoms with Gasteiger partial charge in [-0.3, -0.25) is 19.3 Å². The van der Waals surface area contributed by atoms with Crippen molar-refractivity contribution in [1.29, 1.82) is 0 Å². The van der Waals surface area contributed by atoms with Crippen molar-refractivity contribution >= 4 is 11.8 Å². The third kappa shape index (κ3) is 4.23. The topological polar surface area (TPSA) is 80.1 Å². The van der Waals surface area contributed by atoms with Crippen LogP contribution in [0.25, 0.3) is 0 Å². The zero-order valence-electron chi connectivity index (χ0n) is 14.6. The van der Waals surface area contributed by atoms with Crippen LogP contribution in [-0.4, -0.2) is 38.0 Å². The van der Waals surface area contributed by atoms with E-state index in [1.54, 1.807) is 17.1 Å². The van der Waals surface area contributed by atoms with Gasteiger partial charge >= 0.3 is 0 Å². The molecule has 1 atom stereocenters. The van der Waals surface area contributed by atoms with Gasteiger partial charge in [-0.1, -0.05) is 0 Å². The molecule has 2 aromatic rings. The van der Waals surface area contributed by atoms with Crippen molar-refractivity contribution < 1.29 is 9.59 Å². The number of carbonyl (C=O) groups is 2. The van der Waals surface area contributed by atoms with Gasteiger partial charge < -0.3 is 10.2 Å². The van der Waals surface area contributed by atoms with Gasteiger partial charge in [0.15, 0.2) is 0 Å². The first-order valence-corrected chi connectivity index (χ1v) is 8.51. The Morgan fingerprint density at radius 1 is 1.40 bits per heavy atom. The first kappa shape index (κ1) is 17.1. The van der Waals surface area contributed by atoms with Gasteiger partial charge in [-0.2, -0.15) is 5.10 Å². The molecule has 0 radical (unpaired) electrons.